The van der Waals surface area contributed by atoms with E-state index < -0.39 is 0 Å². The number of hydrogen-bond donors (Lipinski definition) is 1. The highest BCUT2D eigenvalue weighted by molar-refractivity contribution is 5.94. The van der Waals surface area contributed by atoms with Crippen molar-refractivity contribution in [1.29, 1.82) is 0 Å². The number of benzene rings is 2. The molecule has 0 aromatic heterocycles. The van der Waals surface area contributed by atoms with E-state index in [0.29, 0.717) is 11.3 Å². The second kappa shape index (κ2) is 5.87. The van der Waals surface area contributed by atoms with Gasteiger partial charge in [-0.3, -0.25) is 4.79 Å². The Morgan fingerprint density at radius 3 is 2.10 bits per heavy atom. The molecule has 1 amide bonds. The lowest BCUT2D eigenvalue weighted by atomic mass is 10.1. The van der Waals surface area contributed by atoms with Gasteiger partial charge in [-0.25, -0.2) is 0 Å². The first kappa shape index (κ1) is 13.5. The summed E-state index contributed by atoms with van der Waals surface area (Å²) >= 11 is 0. The number of para-hydroxylation sites is 1. The number of carbonyl (C=O) groups excluding carboxylic acids is 1. The average Bonchev–Trinajstić information content (AvgIpc) is 2.56. The molecule has 0 bridgehead atoms. The summed E-state index contributed by atoms with van der Waals surface area (Å²) < 4.78 is 0. The zero-order chi connectivity index (χ0) is 14.7. The maximum absolute atomic E-state index is 12.4. The first-order chi connectivity index (χ1) is 10.2. The smallest absolute Gasteiger partial charge is 0.253 e. The fraction of sp³-hybridized carbons (Fsp3) is 0.235. The van der Waals surface area contributed by atoms with Crippen LogP contribution in [0.3, 0.4) is 0 Å². The van der Waals surface area contributed by atoms with E-state index >= 15 is 0 Å². The standard InChI is InChI=1S/C17H19N3O/c18-15-8-6-14(7-9-15)17(21)20-12-10-19(11-13-20)16-4-2-1-3-5-16/h1-9H,10-13,18H2. The van der Waals surface area contributed by atoms with E-state index in [9.17, 15) is 4.79 Å². The molecule has 1 aliphatic heterocycles. The third-order valence-electron chi connectivity index (χ3n) is 3.85. The molecule has 0 radical (unpaired) electrons. The van der Waals surface area contributed by atoms with Crippen molar-refractivity contribution < 1.29 is 4.79 Å². The highest BCUT2D eigenvalue weighted by Gasteiger charge is 2.22. The van der Waals surface area contributed by atoms with Gasteiger partial charge < -0.3 is 15.5 Å². The quantitative estimate of drug-likeness (QED) is 0.859. The van der Waals surface area contributed by atoms with Gasteiger partial charge >= 0.3 is 0 Å². The largest absolute Gasteiger partial charge is 0.399 e. The van der Waals surface area contributed by atoms with Crippen molar-refractivity contribution in [2.24, 2.45) is 0 Å². The number of nitrogen functional groups attached to an aromatic ring is 1. The molecule has 4 heteroatoms. The Bertz CT molecular complexity index is 602. The van der Waals surface area contributed by atoms with Gasteiger partial charge in [-0.15, -0.1) is 0 Å². The van der Waals surface area contributed by atoms with Gasteiger partial charge in [0.25, 0.3) is 5.91 Å². The van der Waals surface area contributed by atoms with E-state index in [1.807, 2.05) is 23.1 Å². The summed E-state index contributed by atoms with van der Waals surface area (Å²) in [5.41, 5.74) is 8.26. The fourth-order valence-corrected chi connectivity index (χ4v) is 2.61. The SMILES string of the molecule is Nc1ccc(C(=O)N2CCN(c3ccccc3)CC2)cc1. The first-order valence-electron chi connectivity index (χ1n) is 7.19. The van der Waals surface area contributed by atoms with Crippen LogP contribution in [0.2, 0.25) is 0 Å². The van der Waals surface area contributed by atoms with E-state index in [1.165, 1.54) is 5.69 Å². The number of rotatable bonds is 2. The lowest BCUT2D eigenvalue weighted by Crippen LogP contribution is -2.48. The summed E-state index contributed by atoms with van der Waals surface area (Å²) in [7, 11) is 0. The second-order valence-corrected chi connectivity index (χ2v) is 5.24. The minimum absolute atomic E-state index is 0.0858. The summed E-state index contributed by atoms with van der Waals surface area (Å²) in [6.07, 6.45) is 0. The molecule has 0 unspecified atom stereocenters. The molecule has 1 aliphatic rings. The Balaban J connectivity index is 1.63. The van der Waals surface area contributed by atoms with Crippen LogP contribution in [0.4, 0.5) is 11.4 Å². The molecule has 2 aromatic rings. The summed E-state index contributed by atoms with van der Waals surface area (Å²) in [6.45, 7) is 3.23. The van der Waals surface area contributed by atoms with Crippen LogP contribution < -0.4 is 10.6 Å². The molecule has 0 atom stereocenters. The van der Waals surface area contributed by atoms with Crippen molar-refractivity contribution >= 4 is 17.3 Å². The van der Waals surface area contributed by atoms with Gasteiger partial charge in [0.1, 0.15) is 0 Å². The lowest BCUT2D eigenvalue weighted by molar-refractivity contribution is 0.0747. The molecule has 3 rings (SSSR count). The second-order valence-electron chi connectivity index (χ2n) is 5.24. The summed E-state index contributed by atoms with van der Waals surface area (Å²) in [5, 5.41) is 0. The van der Waals surface area contributed by atoms with E-state index in [4.69, 9.17) is 5.73 Å². The minimum atomic E-state index is 0.0858. The number of carbonyl (C=O) groups is 1. The van der Waals surface area contributed by atoms with Gasteiger partial charge in [0, 0.05) is 43.1 Å². The van der Waals surface area contributed by atoms with E-state index in [-0.39, 0.29) is 5.91 Å². The number of nitrogens with zero attached hydrogens (tertiary/aromatic N) is 2. The average molecular weight is 281 g/mol. The summed E-state index contributed by atoms with van der Waals surface area (Å²) in [6, 6.07) is 17.4. The van der Waals surface area contributed by atoms with Crippen molar-refractivity contribution in [2.75, 3.05) is 36.8 Å². The third kappa shape index (κ3) is 2.99. The fourth-order valence-electron chi connectivity index (χ4n) is 2.61. The van der Waals surface area contributed by atoms with Crippen LogP contribution in [-0.4, -0.2) is 37.0 Å². The zero-order valence-corrected chi connectivity index (χ0v) is 11.9. The van der Waals surface area contributed by atoms with Crippen LogP contribution in [0.5, 0.6) is 0 Å². The van der Waals surface area contributed by atoms with E-state index in [0.717, 1.165) is 26.2 Å². The molecular formula is C17H19N3O. The van der Waals surface area contributed by atoms with Crippen molar-refractivity contribution in [3.63, 3.8) is 0 Å². The van der Waals surface area contributed by atoms with Crippen molar-refractivity contribution in [1.82, 2.24) is 4.90 Å². The molecule has 1 saturated heterocycles. The normalized spacial score (nSPS) is 15.0. The van der Waals surface area contributed by atoms with Crippen molar-refractivity contribution in [2.45, 2.75) is 0 Å². The molecule has 108 valence electrons. The first-order valence-corrected chi connectivity index (χ1v) is 7.19. The van der Waals surface area contributed by atoms with Crippen molar-refractivity contribution in [3.8, 4) is 0 Å². The van der Waals surface area contributed by atoms with Gasteiger partial charge in [-0.05, 0) is 36.4 Å². The summed E-state index contributed by atoms with van der Waals surface area (Å²) in [5.74, 6) is 0.0858. The molecular weight excluding hydrogens is 262 g/mol. The Morgan fingerprint density at radius 2 is 1.48 bits per heavy atom. The van der Waals surface area contributed by atoms with Crippen LogP contribution in [0, 0.1) is 0 Å². The van der Waals surface area contributed by atoms with Gasteiger partial charge in [0.2, 0.25) is 0 Å². The Hall–Kier alpha value is -2.49. The van der Waals surface area contributed by atoms with Crippen LogP contribution in [0.15, 0.2) is 54.6 Å². The molecule has 4 nitrogen and oxygen atoms in total. The monoisotopic (exact) mass is 281 g/mol. The molecule has 0 aliphatic carbocycles. The zero-order valence-electron chi connectivity index (χ0n) is 11.9. The van der Waals surface area contributed by atoms with Gasteiger partial charge in [0.05, 0.1) is 0 Å². The van der Waals surface area contributed by atoms with Crippen molar-refractivity contribution in [3.05, 3.63) is 60.2 Å². The van der Waals surface area contributed by atoms with Gasteiger partial charge in [-0.1, -0.05) is 18.2 Å². The highest BCUT2D eigenvalue weighted by atomic mass is 16.2. The summed E-state index contributed by atoms with van der Waals surface area (Å²) in [4.78, 5) is 16.6. The number of anilines is 2. The minimum Gasteiger partial charge on any atom is -0.399 e. The predicted octanol–water partition coefficient (Wildman–Crippen LogP) is 2.23. The van der Waals surface area contributed by atoms with Crippen LogP contribution in [0.25, 0.3) is 0 Å². The van der Waals surface area contributed by atoms with E-state index in [2.05, 4.69) is 17.0 Å². The van der Waals surface area contributed by atoms with E-state index in [1.54, 1.807) is 24.3 Å². The highest BCUT2D eigenvalue weighted by Crippen LogP contribution is 2.17. The van der Waals surface area contributed by atoms with Crippen LogP contribution >= 0.6 is 0 Å². The Labute approximate surface area is 124 Å². The Morgan fingerprint density at radius 1 is 0.857 bits per heavy atom. The van der Waals surface area contributed by atoms with Crippen LogP contribution in [-0.2, 0) is 0 Å². The maximum atomic E-state index is 12.4. The molecule has 1 fully saturated rings. The number of piperazine rings is 1. The Kier molecular flexibility index (Phi) is 3.77. The number of hydrogen-bond acceptors (Lipinski definition) is 3. The van der Waals surface area contributed by atoms with Gasteiger partial charge in [0.15, 0.2) is 0 Å². The third-order valence-corrected chi connectivity index (χ3v) is 3.85. The molecule has 1 heterocycles. The molecule has 0 spiro atoms. The topological polar surface area (TPSA) is 49.6 Å². The predicted molar refractivity (Wildman–Crippen MR) is 85.4 cm³/mol. The van der Waals surface area contributed by atoms with Crippen LogP contribution in [0.1, 0.15) is 10.4 Å². The van der Waals surface area contributed by atoms with Gasteiger partial charge in [-0.2, -0.15) is 0 Å². The lowest BCUT2D eigenvalue weighted by Gasteiger charge is -2.36. The molecule has 21 heavy (non-hydrogen) atoms. The maximum Gasteiger partial charge on any atom is 0.253 e. The number of amides is 1. The molecule has 2 N–H and O–H groups in total. The molecule has 0 saturated carbocycles. The number of nitrogens with two attached hydrogens (primary N) is 1. The molecule has 2 aromatic carbocycles.